The van der Waals surface area contributed by atoms with Crippen LogP contribution < -0.4 is 0 Å². The number of likely N-dealkylation sites (N-methyl/N-ethyl adjacent to an activating group) is 1. The van der Waals surface area contributed by atoms with Gasteiger partial charge < -0.3 is 19.4 Å². The summed E-state index contributed by atoms with van der Waals surface area (Å²) in [6, 6.07) is 16.0. The molecule has 0 saturated carbocycles. The second-order valence-corrected chi connectivity index (χ2v) is 9.36. The fourth-order valence-corrected chi connectivity index (χ4v) is 4.98. The van der Waals surface area contributed by atoms with Gasteiger partial charge in [0.2, 0.25) is 0 Å². The lowest BCUT2D eigenvalue weighted by Gasteiger charge is -2.42. The molecule has 2 atom stereocenters. The molecule has 1 spiro atoms. The normalized spacial score (nSPS) is 23.4. The van der Waals surface area contributed by atoms with Gasteiger partial charge in [0, 0.05) is 37.7 Å². The number of nitrogens with zero attached hydrogens (tertiary/aromatic N) is 3. The highest BCUT2D eigenvalue weighted by molar-refractivity contribution is 5.96. The van der Waals surface area contributed by atoms with Crippen molar-refractivity contribution >= 4 is 11.8 Å². The number of ether oxygens (including phenoxy) is 1. The average molecular weight is 436 g/mol. The second kappa shape index (κ2) is 9.04. The van der Waals surface area contributed by atoms with Crippen molar-refractivity contribution < 1.29 is 14.3 Å². The first-order chi connectivity index (χ1) is 15.3. The van der Waals surface area contributed by atoms with Crippen LogP contribution in [0.4, 0.5) is 0 Å². The third-order valence-corrected chi connectivity index (χ3v) is 6.54. The monoisotopic (exact) mass is 435 g/mol. The van der Waals surface area contributed by atoms with Crippen LogP contribution in [0.2, 0.25) is 0 Å². The van der Waals surface area contributed by atoms with Crippen LogP contribution in [-0.2, 0) is 9.53 Å². The van der Waals surface area contributed by atoms with Gasteiger partial charge in [-0.1, -0.05) is 47.5 Å². The molecule has 2 unspecified atom stereocenters. The Morgan fingerprint density at radius 3 is 2.47 bits per heavy atom. The third kappa shape index (κ3) is 4.30. The highest BCUT2D eigenvalue weighted by Crippen LogP contribution is 2.42. The fraction of sp³-hybridized carbons (Fsp3) is 0.462. The van der Waals surface area contributed by atoms with Crippen LogP contribution >= 0.6 is 0 Å². The van der Waals surface area contributed by atoms with Gasteiger partial charge in [-0.15, -0.1) is 0 Å². The highest BCUT2D eigenvalue weighted by Gasteiger charge is 2.58. The lowest BCUT2D eigenvalue weighted by Crippen LogP contribution is -2.59. The SMILES string of the molecule is Cc1cc(C)cc(C(=O)N2CCOC3(C2)C(=O)N(CCN(C)C)CC3c2ccccc2)c1. The van der Waals surface area contributed by atoms with Crippen molar-refractivity contribution in [1.82, 2.24) is 14.7 Å². The van der Waals surface area contributed by atoms with Gasteiger partial charge in [0.15, 0.2) is 5.60 Å². The number of hydrogen-bond acceptors (Lipinski definition) is 4. The predicted molar refractivity (Wildman–Crippen MR) is 125 cm³/mol. The Balaban J connectivity index is 1.66. The van der Waals surface area contributed by atoms with E-state index in [9.17, 15) is 9.59 Å². The van der Waals surface area contributed by atoms with E-state index >= 15 is 0 Å². The van der Waals surface area contributed by atoms with Gasteiger partial charge in [-0.05, 0) is 45.6 Å². The van der Waals surface area contributed by atoms with Crippen molar-refractivity contribution in [2.45, 2.75) is 25.4 Å². The van der Waals surface area contributed by atoms with E-state index in [2.05, 4.69) is 23.1 Å². The number of morpholine rings is 1. The lowest BCUT2D eigenvalue weighted by atomic mass is 9.83. The van der Waals surface area contributed by atoms with Crippen LogP contribution in [0.15, 0.2) is 48.5 Å². The molecular weight excluding hydrogens is 402 g/mol. The first-order valence-electron chi connectivity index (χ1n) is 11.3. The summed E-state index contributed by atoms with van der Waals surface area (Å²) in [5.74, 6) is -0.162. The van der Waals surface area contributed by atoms with Crippen molar-refractivity contribution in [1.29, 1.82) is 0 Å². The molecule has 32 heavy (non-hydrogen) atoms. The molecule has 170 valence electrons. The van der Waals surface area contributed by atoms with Gasteiger partial charge in [-0.3, -0.25) is 9.59 Å². The summed E-state index contributed by atoms with van der Waals surface area (Å²) in [6.45, 7) is 7.14. The molecule has 6 heteroatoms. The maximum absolute atomic E-state index is 13.7. The lowest BCUT2D eigenvalue weighted by molar-refractivity contribution is -0.159. The van der Waals surface area contributed by atoms with E-state index in [1.165, 1.54) is 0 Å². The van der Waals surface area contributed by atoms with Crippen molar-refractivity contribution in [2.24, 2.45) is 0 Å². The van der Waals surface area contributed by atoms with Crippen LogP contribution in [0.3, 0.4) is 0 Å². The Bertz CT molecular complexity index is 971. The average Bonchev–Trinajstić information content (AvgIpc) is 3.03. The molecule has 2 amide bonds. The van der Waals surface area contributed by atoms with Crippen LogP contribution in [-0.4, -0.2) is 85.5 Å². The highest BCUT2D eigenvalue weighted by atomic mass is 16.5. The summed E-state index contributed by atoms with van der Waals surface area (Å²) < 4.78 is 6.31. The number of carbonyl (C=O) groups excluding carboxylic acids is 2. The predicted octanol–water partition coefficient (Wildman–Crippen LogP) is 2.70. The number of rotatable bonds is 5. The minimum Gasteiger partial charge on any atom is -0.361 e. The van der Waals surface area contributed by atoms with Gasteiger partial charge in [0.1, 0.15) is 0 Å². The van der Waals surface area contributed by atoms with Gasteiger partial charge in [0.05, 0.1) is 13.2 Å². The number of hydrogen-bond donors (Lipinski definition) is 0. The van der Waals surface area contributed by atoms with Crippen molar-refractivity contribution in [3.05, 3.63) is 70.8 Å². The summed E-state index contributed by atoms with van der Waals surface area (Å²) >= 11 is 0. The number of carbonyl (C=O) groups is 2. The molecule has 0 radical (unpaired) electrons. The van der Waals surface area contributed by atoms with E-state index in [-0.39, 0.29) is 24.3 Å². The molecule has 2 aromatic carbocycles. The van der Waals surface area contributed by atoms with E-state index in [1.54, 1.807) is 4.90 Å². The van der Waals surface area contributed by atoms with Gasteiger partial charge in [-0.25, -0.2) is 0 Å². The van der Waals surface area contributed by atoms with Crippen molar-refractivity contribution in [3.8, 4) is 0 Å². The summed E-state index contributed by atoms with van der Waals surface area (Å²) in [4.78, 5) is 33.0. The van der Waals surface area contributed by atoms with E-state index < -0.39 is 5.60 Å². The summed E-state index contributed by atoms with van der Waals surface area (Å²) in [5.41, 5.74) is 2.83. The molecule has 2 aliphatic heterocycles. The summed E-state index contributed by atoms with van der Waals surface area (Å²) in [5, 5.41) is 0. The smallest absolute Gasteiger partial charge is 0.257 e. The number of amides is 2. The Morgan fingerprint density at radius 2 is 1.81 bits per heavy atom. The quantitative estimate of drug-likeness (QED) is 0.725. The maximum Gasteiger partial charge on any atom is 0.257 e. The largest absolute Gasteiger partial charge is 0.361 e. The Hall–Kier alpha value is -2.70. The van der Waals surface area contributed by atoms with Gasteiger partial charge in [-0.2, -0.15) is 0 Å². The van der Waals surface area contributed by atoms with Crippen LogP contribution in [0, 0.1) is 13.8 Å². The number of benzene rings is 2. The molecule has 2 fully saturated rings. The Labute approximate surface area is 190 Å². The third-order valence-electron chi connectivity index (χ3n) is 6.54. The van der Waals surface area contributed by atoms with E-state index in [4.69, 9.17) is 4.74 Å². The van der Waals surface area contributed by atoms with Crippen LogP contribution in [0.5, 0.6) is 0 Å². The zero-order valence-electron chi connectivity index (χ0n) is 19.5. The molecular formula is C26H33N3O3. The first kappa shape index (κ1) is 22.5. The molecule has 4 rings (SSSR count). The van der Waals surface area contributed by atoms with E-state index in [1.807, 2.05) is 63.2 Å². The maximum atomic E-state index is 13.7. The van der Waals surface area contributed by atoms with Crippen LogP contribution in [0.25, 0.3) is 0 Å². The molecule has 2 aromatic rings. The zero-order valence-corrected chi connectivity index (χ0v) is 19.5. The number of likely N-dealkylation sites (tertiary alicyclic amines) is 1. The van der Waals surface area contributed by atoms with Crippen molar-refractivity contribution in [2.75, 3.05) is 53.4 Å². The minimum atomic E-state index is -1.04. The molecule has 0 bridgehead atoms. The first-order valence-corrected chi connectivity index (χ1v) is 11.3. The zero-order chi connectivity index (χ0) is 22.9. The minimum absolute atomic E-state index is 0.00822. The van der Waals surface area contributed by atoms with Gasteiger partial charge in [0.25, 0.3) is 11.8 Å². The molecule has 6 nitrogen and oxygen atoms in total. The second-order valence-electron chi connectivity index (χ2n) is 9.36. The summed E-state index contributed by atoms with van der Waals surface area (Å²) in [7, 11) is 4.01. The van der Waals surface area contributed by atoms with E-state index in [0.717, 1.165) is 23.2 Å². The topological polar surface area (TPSA) is 53.1 Å². The van der Waals surface area contributed by atoms with Gasteiger partial charge >= 0.3 is 0 Å². The summed E-state index contributed by atoms with van der Waals surface area (Å²) in [6.07, 6.45) is 0. The Kier molecular flexibility index (Phi) is 6.35. The fourth-order valence-electron chi connectivity index (χ4n) is 4.98. The molecule has 2 heterocycles. The standard InChI is InChI=1S/C26H33N3O3/c1-19-14-20(2)16-22(15-19)24(30)29-12-13-32-26(18-29)23(21-8-6-5-7-9-21)17-28(25(26)31)11-10-27(3)4/h5-9,14-16,23H,10-13,17-18H2,1-4H3. The molecule has 0 aliphatic carbocycles. The molecule has 2 aliphatic rings. The molecule has 0 aromatic heterocycles. The molecule has 0 N–H and O–H groups in total. The van der Waals surface area contributed by atoms with E-state index in [0.29, 0.717) is 31.8 Å². The number of aryl methyl sites for hydroxylation is 2. The molecule has 2 saturated heterocycles. The van der Waals surface area contributed by atoms with Crippen molar-refractivity contribution in [3.63, 3.8) is 0 Å². The van der Waals surface area contributed by atoms with Crippen LogP contribution in [0.1, 0.15) is 33.0 Å². The Morgan fingerprint density at radius 1 is 1.12 bits per heavy atom.